The molecule has 0 aliphatic carbocycles. The lowest BCUT2D eigenvalue weighted by Gasteiger charge is -1.97. The number of aromatic nitrogens is 1. The van der Waals surface area contributed by atoms with Crippen LogP contribution in [0.4, 0.5) is 5.69 Å². The van der Waals surface area contributed by atoms with Gasteiger partial charge in [-0.2, -0.15) is 0 Å². The Hall–Kier alpha value is -1.97. The molecule has 0 spiro atoms. The van der Waals surface area contributed by atoms with Crippen molar-refractivity contribution >= 4 is 22.5 Å². The highest BCUT2D eigenvalue weighted by Crippen LogP contribution is 2.19. The van der Waals surface area contributed by atoms with Gasteiger partial charge in [-0.25, -0.2) is 0 Å². The molecule has 1 heterocycles. The Morgan fingerprint density at radius 1 is 1.43 bits per heavy atom. The topological polar surface area (TPSA) is 70.9 Å². The van der Waals surface area contributed by atoms with Gasteiger partial charge in [-0.05, 0) is 24.3 Å². The van der Waals surface area contributed by atoms with Crippen LogP contribution in [-0.2, 0) is 0 Å². The molecule has 4 N–H and O–H groups in total. The number of fused-ring (bicyclic) bond motifs is 1. The molecule has 0 aliphatic rings. The quantitative estimate of drug-likeness (QED) is 0.666. The molecule has 0 aliphatic heterocycles. The van der Waals surface area contributed by atoms with Crippen LogP contribution in [0.15, 0.2) is 24.3 Å². The number of nitrogens with two attached hydrogens (primary N) is 1. The molecule has 0 bridgehead atoms. The number of aromatic amines is 1. The van der Waals surface area contributed by atoms with E-state index < -0.39 is 5.91 Å². The smallest absolute Gasteiger partial charge is 0.265 e. The summed E-state index contributed by atoms with van der Waals surface area (Å²) in [4.78, 5) is 13.8. The fourth-order valence-corrected chi connectivity index (χ4v) is 1.42. The van der Waals surface area contributed by atoms with E-state index in [1.807, 2.05) is 25.2 Å². The van der Waals surface area contributed by atoms with E-state index in [-0.39, 0.29) is 0 Å². The minimum absolute atomic E-state index is 0.438. The first-order valence-corrected chi connectivity index (χ1v) is 4.31. The maximum absolute atomic E-state index is 10.9. The minimum Gasteiger partial charge on any atom is -0.388 e. The molecule has 0 saturated carbocycles. The van der Waals surface area contributed by atoms with Crippen LogP contribution in [0.5, 0.6) is 0 Å². The summed E-state index contributed by atoms with van der Waals surface area (Å²) in [7, 11) is 1.85. The zero-order valence-corrected chi connectivity index (χ0v) is 7.79. The normalized spacial score (nSPS) is 10.4. The first kappa shape index (κ1) is 8.62. The van der Waals surface area contributed by atoms with Crippen molar-refractivity contribution in [3.63, 3.8) is 0 Å². The lowest BCUT2D eigenvalue weighted by atomic mass is 10.2. The third-order valence-corrected chi connectivity index (χ3v) is 2.17. The predicted octanol–water partition coefficient (Wildman–Crippen LogP) is 1.31. The van der Waals surface area contributed by atoms with E-state index in [1.165, 1.54) is 0 Å². The molecule has 0 unspecified atom stereocenters. The molecule has 4 heteroatoms. The van der Waals surface area contributed by atoms with Crippen molar-refractivity contribution in [2.75, 3.05) is 12.4 Å². The van der Waals surface area contributed by atoms with Crippen LogP contribution in [-0.4, -0.2) is 17.9 Å². The highest BCUT2D eigenvalue weighted by atomic mass is 16.1. The molecule has 0 atom stereocenters. The lowest BCUT2D eigenvalue weighted by Crippen LogP contribution is -2.10. The maximum atomic E-state index is 10.9. The van der Waals surface area contributed by atoms with Crippen LogP contribution in [0, 0.1) is 0 Å². The number of carbonyl (C=O) groups excluding carboxylic acids is 1. The number of hydrogen-bond donors (Lipinski definition) is 3. The Kier molecular flexibility index (Phi) is 1.89. The molecule has 4 nitrogen and oxygen atoms in total. The summed E-state index contributed by atoms with van der Waals surface area (Å²) in [5.41, 5.74) is 7.52. The predicted molar refractivity (Wildman–Crippen MR) is 56.4 cm³/mol. The van der Waals surface area contributed by atoms with Crippen LogP contribution in [0.3, 0.4) is 0 Å². The van der Waals surface area contributed by atoms with Gasteiger partial charge in [-0.1, -0.05) is 0 Å². The summed E-state index contributed by atoms with van der Waals surface area (Å²) >= 11 is 0. The van der Waals surface area contributed by atoms with Gasteiger partial charge in [-0.15, -0.1) is 0 Å². The fraction of sp³-hybridized carbons (Fsp3) is 0.100. The van der Waals surface area contributed by atoms with E-state index >= 15 is 0 Å². The summed E-state index contributed by atoms with van der Waals surface area (Å²) in [5.74, 6) is -0.438. The van der Waals surface area contributed by atoms with Crippen LogP contribution < -0.4 is 11.1 Å². The average molecular weight is 189 g/mol. The van der Waals surface area contributed by atoms with E-state index in [4.69, 9.17) is 5.73 Å². The molecular weight excluding hydrogens is 178 g/mol. The monoisotopic (exact) mass is 189 g/mol. The Labute approximate surface area is 81.1 Å². The number of primary amides is 1. The van der Waals surface area contributed by atoms with Gasteiger partial charge in [0.2, 0.25) is 0 Å². The molecule has 2 rings (SSSR count). The molecular formula is C10H11N3O. The lowest BCUT2D eigenvalue weighted by molar-refractivity contribution is 0.0996. The number of benzene rings is 1. The Morgan fingerprint density at radius 3 is 2.86 bits per heavy atom. The van der Waals surface area contributed by atoms with Crippen LogP contribution in [0.2, 0.25) is 0 Å². The first-order chi connectivity index (χ1) is 6.70. The number of H-pyrrole nitrogens is 1. The third-order valence-electron chi connectivity index (χ3n) is 2.17. The van der Waals surface area contributed by atoms with Gasteiger partial charge in [0.25, 0.3) is 5.91 Å². The number of hydrogen-bond acceptors (Lipinski definition) is 2. The van der Waals surface area contributed by atoms with E-state index in [0.29, 0.717) is 5.69 Å². The first-order valence-electron chi connectivity index (χ1n) is 4.31. The standard InChI is InChI=1S/C10H11N3O/c1-12-7-2-3-8-6(4-7)5-9(13-8)10(11)14/h2-5,12-13H,1H3,(H2,11,14). The van der Waals surface area contributed by atoms with E-state index in [1.54, 1.807) is 6.07 Å². The Balaban J connectivity index is 2.60. The van der Waals surface area contributed by atoms with Gasteiger partial charge in [0.15, 0.2) is 0 Å². The zero-order chi connectivity index (χ0) is 10.1. The summed E-state index contributed by atoms with van der Waals surface area (Å²) in [5, 5.41) is 4.00. The van der Waals surface area contributed by atoms with Crippen molar-refractivity contribution in [1.29, 1.82) is 0 Å². The van der Waals surface area contributed by atoms with Gasteiger partial charge in [0.05, 0.1) is 0 Å². The molecule has 1 amide bonds. The van der Waals surface area contributed by atoms with Gasteiger partial charge in [0.1, 0.15) is 5.69 Å². The largest absolute Gasteiger partial charge is 0.388 e. The van der Waals surface area contributed by atoms with Gasteiger partial charge in [0, 0.05) is 23.6 Å². The Morgan fingerprint density at radius 2 is 2.21 bits per heavy atom. The Bertz CT molecular complexity index is 487. The fourth-order valence-electron chi connectivity index (χ4n) is 1.42. The molecule has 0 fully saturated rings. The van der Waals surface area contributed by atoms with Gasteiger partial charge < -0.3 is 16.0 Å². The molecule has 2 aromatic rings. The number of amides is 1. The van der Waals surface area contributed by atoms with Crippen molar-refractivity contribution in [2.45, 2.75) is 0 Å². The molecule has 1 aromatic carbocycles. The maximum Gasteiger partial charge on any atom is 0.265 e. The number of nitrogens with one attached hydrogen (secondary N) is 2. The van der Waals surface area contributed by atoms with Gasteiger partial charge in [-0.3, -0.25) is 4.79 Å². The number of rotatable bonds is 2. The van der Waals surface area contributed by atoms with E-state index in [0.717, 1.165) is 16.6 Å². The number of carbonyl (C=O) groups is 1. The molecule has 72 valence electrons. The minimum atomic E-state index is -0.438. The average Bonchev–Trinajstić information content (AvgIpc) is 2.59. The summed E-state index contributed by atoms with van der Waals surface area (Å²) < 4.78 is 0. The van der Waals surface area contributed by atoms with E-state index in [2.05, 4.69) is 10.3 Å². The van der Waals surface area contributed by atoms with Crippen LogP contribution >= 0.6 is 0 Å². The number of anilines is 1. The second-order valence-electron chi connectivity index (χ2n) is 3.10. The zero-order valence-electron chi connectivity index (χ0n) is 7.79. The van der Waals surface area contributed by atoms with Crippen LogP contribution in [0.1, 0.15) is 10.5 Å². The second kappa shape index (κ2) is 3.06. The third kappa shape index (κ3) is 1.31. The van der Waals surface area contributed by atoms with Crippen molar-refractivity contribution in [2.24, 2.45) is 5.73 Å². The second-order valence-corrected chi connectivity index (χ2v) is 3.10. The van der Waals surface area contributed by atoms with Crippen molar-refractivity contribution < 1.29 is 4.79 Å². The van der Waals surface area contributed by atoms with Crippen LogP contribution in [0.25, 0.3) is 10.9 Å². The summed E-state index contributed by atoms with van der Waals surface area (Å²) in [6, 6.07) is 7.55. The van der Waals surface area contributed by atoms with Crippen molar-refractivity contribution in [1.82, 2.24) is 4.98 Å². The molecule has 0 saturated heterocycles. The SMILES string of the molecule is CNc1ccc2[nH]c(C(N)=O)cc2c1. The van der Waals surface area contributed by atoms with Crippen molar-refractivity contribution in [3.8, 4) is 0 Å². The highest BCUT2D eigenvalue weighted by molar-refractivity contribution is 5.97. The summed E-state index contributed by atoms with van der Waals surface area (Å²) in [6.07, 6.45) is 0. The highest BCUT2D eigenvalue weighted by Gasteiger charge is 2.05. The molecule has 0 radical (unpaired) electrons. The molecule has 14 heavy (non-hydrogen) atoms. The van der Waals surface area contributed by atoms with Gasteiger partial charge >= 0.3 is 0 Å². The molecule has 1 aromatic heterocycles. The summed E-state index contributed by atoms with van der Waals surface area (Å²) in [6.45, 7) is 0. The van der Waals surface area contributed by atoms with E-state index in [9.17, 15) is 4.79 Å². The van der Waals surface area contributed by atoms with Crippen molar-refractivity contribution in [3.05, 3.63) is 30.0 Å².